The van der Waals surface area contributed by atoms with Crippen LogP contribution in [-0.4, -0.2) is 27.3 Å². The first-order valence-electron chi connectivity index (χ1n) is 5.80. The largest absolute Gasteiger partial charge is 0.313 e. The van der Waals surface area contributed by atoms with E-state index < -0.39 is 0 Å². The summed E-state index contributed by atoms with van der Waals surface area (Å²) in [6.07, 6.45) is 6.82. The maximum atomic E-state index is 4.01. The summed E-state index contributed by atoms with van der Waals surface area (Å²) < 4.78 is 1.93. The van der Waals surface area contributed by atoms with E-state index in [2.05, 4.69) is 20.8 Å². The van der Waals surface area contributed by atoms with Gasteiger partial charge in [0, 0.05) is 6.54 Å². The van der Waals surface area contributed by atoms with Gasteiger partial charge in [0.05, 0.1) is 6.54 Å². The first-order chi connectivity index (χ1) is 7.40. The number of tetrazole rings is 1. The van der Waals surface area contributed by atoms with Gasteiger partial charge in [0.25, 0.3) is 0 Å². The van der Waals surface area contributed by atoms with Gasteiger partial charge in [-0.05, 0) is 29.8 Å². The molecule has 0 spiro atoms. The molecule has 0 bridgehead atoms. The predicted octanol–water partition coefficient (Wildman–Crippen LogP) is 0.973. The molecule has 0 radical (unpaired) electrons. The second-order valence-corrected chi connectivity index (χ2v) is 4.29. The first-order valence-corrected chi connectivity index (χ1v) is 5.80. The highest BCUT2D eigenvalue weighted by atomic mass is 15.5. The summed E-state index contributed by atoms with van der Waals surface area (Å²) in [6, 6.07) is 0. The molecular weight excluding hydrogens is 190 g/mol. The Labute approximate surface area is 90.2 Å². The van der Waals surface area contributed by atoms with Crippen molar-refractivity contribution < 1.29 is 0 Å². The lowest BCUT2D eigenvalue weighted by molar-refractivity contribution is 0.425. The van der Waals surface area contributed by atoms with E-state index in [9.17, 15) is 0 Å². The summed E-state index contributed by atoms with van der Waals surface area (Å²) in [4.78, 5) is 0. The lowest BCUT2D eigenvalue weighted by Gasteiger charge is -2.09. The van der Waals surface area contributed by atoms with Crippen LogP contribution in [0.1, 0.15) is 37.9 Å². The second-order valence-electron chi connectivity index (χ2n) is 4.29. The molecule has 0 aromatic carbocycles. The first kappa shape index (κ1) is 10.5. The zero-order valence-corrected chi connectivity index (χ0v) is 9.32. The maximum Gasteiger partial charge on any atom is 0.165 e. The Morgan fingerprint density at radius 1 is 1.40 bits per heavy atom. The molecule has 0 saturated heterocycles. The summed E-state index contributed by atoms with van der Waals surface area (Å²) >= 11 is 0. The Morgan fingerprint density at radius 2 is 2.20 bits per heavy atom. The SMILES string of the molecule is CNCc1nnnn1CCC1CCCC1. The van der Waals surface area contributed by atoms with Crippen LogP contribution in [0.2, 0.25) is 0 Å². The van der Waals surface area contributed by atoms with Crippen molar-refractivity contribution in [3.8, 4) is 0 Å². The Kier molecular flexibility index (Phi) is 3.66. The fourth-order valence-electron chi connectivity index (χ4n) is 2.29. The number of rotatable bonds is 5. The van der Waals surface area contributed by atoms with Crippen LogP contribution in [0.15, 0.2) is 0 Å². The Morgan fingerprint density at radius 3 is 2.93 bits per heavy atom. The number of nitrogens with zero attached hydrogens (tertiary/aromatic N) is 4. The normalized spacial score (nSPS) is 17.4. The molecule has 1 aromatic heterocycles. The van der Waals surface area contributed by atoms with E-state index in [1.165, 1.54) is 32.1 Å². The molecule has 5 heteroatoms. The van der Waals surface area contributed by atoms with Gasteiger partial charge in [-0.1, -0.05) is 25.7 Å². The monoisotopic (exact) mass is 209 g/mol. The van der Waals surface area contributed by atoms with Crippen molar-refractivity contribution in [3.63, 3.8) is 0 Å². The zero-order valence-electron chi connectivity index (χ0n) is 9.32. The number of hydrogen-bond acceptors (Lipinski definition) is 4. The van der Waals surface area contributed by atoms with Crippen molar-refractivity contribution in [1.82, 2.24) is 25.5 Å². The van der Waals surface area contributed by atoms with Gasteiger partial charge in [0.15, 0.2) is 5.82 Å². The van der Waals surface area contributed by atoms with E-state index in [4.69, 9.17) is 0 Å². The third-order valence-corrected chi connectivity index (χ3v) is 3.16. The van der Waals surface area contributed by atoms with Crippen molar-refractivity contribution in [2.75, 3.05) is 7.05 Å². The lowest BCUT2D eigenvalue weighted by Crippen LogP contribution is -2.14. The summed E-state index contributed by atoms with van der Waals surface area (Å²) in [6.45, 7) is 1.71. The quantitative estimate of drug-likeness (QED) is 0.785. The van der Waals surface area contributed by atoms with E-state index >= 15 is 0 Å². The summed E-state index contributed by atoms with van der Waals surface area (Å²) in [5, 5.41) is 14.8. The van der Waals surface area contributed by atoms with Gasteiger partial charge in [-0.3, -0.25) is 0 Å². The highest BCUT2D eigenvalue weighted by Gasteiger charge is 2.15. The molecule has 0 aliphatic heterocycles. The predicted molar refractivity (Wildman–Crippen MR) is 57.2 cm³/mol. The van der Waals surface area contributed by atoms with Crippen LogP contribution >= 0.6 is 0 Å². The van der Waals surface area contributed by atoms with Crippen molar-refractivity contribution in [3.05, 3.63) is 5.82 Å². The Balaban J connectivity index is 1.83. The minimum Gasteiger partial charge on any atom is -0.313 e. The molecule has 1 saturated carbocycles. The van der Waals surface area contributed by atoms with Gasteiger partial charge < -0.3 is 5.32 Å². The molecule has 0 amide bonds. The van der Waals surface area contributed by atoms with Crippen LogP contribution in [-0.2, 0) is 13.1 Å². The summed E-state index contributed by atoms with van der Waals surface area (Å²) in [5.74, 6) is 1.84. The Hall–Kier alpha value is -0.970. The summed E-state index contributed by atoms with van der Waals surface area (Å²) in [7, 11) is 1.91. The van der Waals surface area contributed by atoms with Crippen LogP contribution in [0.5, 0.6) is 0 Å². The molecule has 1 aromatic rings. The number of nitrogens with one attached hydrogen (secondary N) is 1. The van der Waals surface area contributed by atoms with Gasteiger partial charge in [-0.2, -0.15) is 0 Å². The van der Waals surface area contributed by atoms with E-state index in [-0.39, 0.29) is 0 Å². The molecule has 15 heavy (non-hydrogen) atoms. The van der Waals surface area contributed by atoms with Crippen LogP contribution in [0.4, 0.5) is 0 Å². The lowest BCUT2D eigenvalue weighted by atomic mass is 10.0. The molecule has 1 heterocycles. The molecule has 1 N–H and O–H groups in total. The average Bonchev–Trinajstić information content (AvgIpc) is 2.85. The van der Waals surface area contributed by atoms with Gasteiger partial charge in [-0.15, -0.1) is 5.10 Å². The van der Waals surface area contributed by atoms with Crippen LogP contribution in [0, 0.1) is 5.92 Å². The van der Waals surface area contributed by atoms with Gasteiger partial charge in [0.2, 0.25) is 0 Å². The third kappa shape index (κ3) is 2.75. The molecule has 5 nitrogen and oxygen atoms in total. The van der Waals surface area contributed by atoms with Crippen molar-refractivity contribution in [2.45, 2.75) is 45.2 Å². The standard InChI is InChI=1S/C10H19N5/c1-11-8-10-12-13-14-15(10)7-6-9-4-2-3-5-9/h9,11H,2-8H2,1H3. The fourth-order valence-corrected chi connectivity index (χ4v) is 2.29. The average molecular weight is 209 g/mol. The fraction of sp³-hybridized carbons (Fsp3) is 0.900. The molecule has 0 unspecified atom stereocenters. The van der Waals surface area contributed by atoms with Crippen molar-refractivity contribution in [1.29, 1.82) is 0 Å². The minimum absolute atomic E-state index is 0.748. The second kappa shape index (κ2) is 5.21. The smallest absolute Gasteiger partial charge is 0.165 e. The highest BCUT2D eigenvalue weighted by Crippen LogP contribution is 2.27. The molecule has 0 atom stereocenters. The van der Waals surface area contributed by atoms with Crippen LogP contribution < -0.4 is 5.32 Å². The molecule has 84 valence electrons. The maximum absolute atomic E-state index is 4.01. The van der Waals surface area contributed by atoms with Crippen LogP contribution in [0.25, 0.3) is 0 Å². The number of hydrogen-bond donors (Lipinski definition) is 1. The molecule has 1 aliphatic carbocycles. The third-order valence-electron chi connectivity index (χ3n) is 3.16. The van der Waals surface area contributed by atoms with Gasteiger partial charge >= 0.3 is 0 Å². The minimum atomic E-state index is 0.748. The molecule has 1 fully saturated rings. The number of aryl methyl sites for hydroxylation is 1. The van der Waals surface area contributed by atoms with Crippen LogP contribution in [0.3, 0.4) is 0 Å². The van der Waals surface area contributed by atoms with E-state index in [0.717, 1.165) is 24.8 Å². The zero-order chi connectivity index (χ0) is 10.5. The van der Waals surface area contributed by atoms with Crippen molar-refractivity contribution >= 4 is 0 Å². The molecule has 2 rings (SSSR count). The highest BCUT2D eigenvalue weighted by molar-refractivity contribution is 4.79. The summed E-state index contributed by atoms with van der Waals surface area (Å²) in [5.41, 5.74) is 0. The van der Waals surface area contributed by atoms with Gasteiger partial charge in [-0.25, -0.2) is 4.68 Å². The van der Waals surface area contributed by atoms with E-state index in [1.807, 2.05) is 11.7 Å². The van der Waals surface area contributed by atoms with E-state index in [0.29, 0.717) is 0 Å². The Bertz CT molecular complexity index is 290. The topological polar surface area (TPSA) is 55.6 Å². The number of aromatic nitrogens is 4. The van der Waals surface area contributed by atoms with Gasteiger partial charge in [0.1, 0.15) is 0 Å². The van der Waals surface area contributed by atoms with E-state index in [1.54, 1.807) is 0 Å². The molecular formula is C10H19N5. The molecule has 1 aliphatic rings. The van der Waals surface area contributed by atoms with Crippen molar-refractivity contribution in [2.24, 2.45) is 5.92 Å².